The maximum Gasteiger partial charge on any atom is 2.00 e. The Hall–Kier alpha value is 1.80. The third-order valence-electron chi connectivity index (χ3n) is 0. The van der Waals surface area contributed by atoms with Crippen LogP contribution in [0.3, 0.4) is 0 Å². The van der Waals surface area contributed by atoms with E-state index in [0.717, 1.165) is 0 Å². The summed E-state index contributed by atoms with van der Waals surface area (Å²) in [4.78, 5) is 0. The molecule has 4 heavy (non-hydrogen) atoms. The fraction of sp³-hybridized carbons (Fsp3) is 0. The van der Waals surface area contributed by atoms with Crippen LogP contribution in [0, 0.1) is 0 Å². The molecular weight excluding hydrogens is 127 g/mol. The van der Waals surface area contributed by atoms with Gasteiger partial charge in [-0.05, 0) is 0 Å². The van der Waals surface area contributed by atoms with Crippen LogP contribution in [-0.4, -0.2) is 37.7 Å². The van der Waals surface area contributed by atoms with E-state index in [1.165, 1.54) is 0 Å². The van der Waals surface area contributed by atoms with Gasteiger partial charge in [0.2, 0.25) is 0 Å². The molecule has 0 aromatic rings. The molecule has 0 aromatic carbocycles. The summed E-state index contributed by atoms with van der Waals surface area (Å²) in [5.41, 5.74) is 0. The predicted molar refractivity (Wildman–Crippen MR) is 6.44 cm³/mol. The Morgan fingerprint density at radius 1 is 0.750 bits per heavy atom. The predicted octanol–water partition coefficient (Wildman–Crippen LogP) is -6.49. The summed E-state index contributed by atoms with van der Waals surface area (Å²) in [6.07, 6.45) is 0. The summed E-state index contributed by atoms with van der Waals surface area (Å²) in [7, 11) is 0. The minimum Gasteiger partial charge on any atom is -1.00 e. The second kappa shape index (κ2) is 21.4. The molecule has 0 rings (SSSR count). The van der Waals surface area contributed by atoms with E-state index in [0.29, 0.717) is 0 Å². The molecule has 4 heteroatoms. The van der Waals surface area contributed by atoms with Crippen molar-refractivity contribution in [3.05, 3.63) is 0 Å². The van der Waals surface area contributed by atoms with Crippen molar-refractivity contribution < 1.29 is 30.3 Å². The summed E-state index contributed by atoms with van der Waals surface area (Å²) >= 11 is 0. The molecule has 2 radical (unpaired) electrons. The summed E-state index contributed by atoms with van der Waals surface area (Å²) < 4.78 is 0. The normalized spacial score (nSPS) is 0. The van der Waals surface area contributed by atoms with Crippen LogP contribution in [-0.2, 0) is 5.48 Å². The second-order valence-corrected chi connectivity index (χ2v) is 0. The van der Waals surface area contributed by atoms with E-state index in [2.05, 4.69) is 0 Å². The van der Waals surface area contributed by atoms with Crippen LogP contribution in [0.15, 0.2) is 0 Å². The summed E-state index contributed by atoms with van der Waals surface area (Å²) in [5.74, 6) is 0. The Morgan fingerprint density at radius 3 is 0.750 bits per heavy atom. The van der Waals surface area contributed by atoms with Gasteiger partial charge in [0.25, 0.3) is 0 Å². The Labute approximate surface area is 67.3 Å². The van der Waals surface area contributed by atoms with Crippen LogP contribution < -0.4 is 24.8 Å². The van der Waals surface area contributed by atoms with Gasteiger partial charge in [-0.3, -0.25) is 0 Å². The maximum absolute atomic E-state index is 0. The molecule has 0 N–H and O–H groups in total. The minimum absolute atomic E-state index is 0. The molecule has 0 saturated heterocycles. The van der Waals surface area contributed by atoms with Crippen LogP contribution in [0.1, 0.15) is 0 Å². The Balaban J connectivity index is 0. The Morgan fingerprint density at radius 2 is 0.750 bits per heavy atom. The van der Waals surface area contributed by atoms with E-state index < -0.39 is 0 Å². The third kappa shape index (κ3) is 9.20. The van der Waals surface area contributed by atoms with Gasteiger partial charge in [-0.1, -0.05) is 0 Å². The summed E-state index contributed by atoms with van der Waals surface area (Å²) in [6.45, 7) is 0. The second-order valence-electron chi connectivity index (χ2n) is 0. The number of hydrogen-bond acceptors (Lipinski definition) is 0. The fourth-order valence-corrected chi connectivity index (χ4v) is 0. The summed E-state index contributed by atoms with van der Waals surface area (Å²) in [5, 5.41) is 0. The molecule has 0 aliphatic rings. The Kier molecular flexibility index (Phi) is 221. The van der Waals surface area contributed by atoms with E-state index >= 15 is 0 Å². The van der Waals surface area contributed by atoms with E-state index in [9.17, 15) is 0 Å². The van der Waals surface area contributed by atoms with Gasteiger partial charge >= 0.3 is 37.7 Å². The zero-order chi connectivity index (χ0) is 0. The molecule has 0 spiro atoms. The van der Waals surface area contributed by atoms with Crippen molar-refractivity contribution in [2.75, 3.05) is 0 Å². The fourth-order valence-electron chi connectivity index (χ4n) is 0. The van der Waals surface area contributed by atoms with Crippen molar-refractivity contribution >= 4 is 37.7 Å². The van der Waals surface area contributed by atoms with Gasteiger partial charge in [-0.2, -0.15) is 0 Å². The molecule has 0 amide bonds. The van der Waals surface area contributed by atoms with Crippen molar-refractivity contribution in [2.45, 2.75) is 0 Å². The first-order valence-corrected chi connectivity index (χ1v) is 0. The first-order valence-electron chi connectivity index (χ1n) is 0. The molecule has 0 unspecified atom stereocenters. The quantitative estimate of drug-likeness (QED) is 0.289. The van der Waals surface area contributed by atoms with Gasteiger partial charge in [-0.15, -0.1) is 0 Å². The number of halogens is 2. The average molecular weight is 127 g/mol. The van der Waals surface area contributed by atoms with E-state index in [-0.39, 0.29) is 68.0 Å². The molecule has 0 atom stereocenters. The zero-order valence-electron chi connectivity index (χ0n) is 1.87. The Bertz CT molecular complexity index is 6.00. The van der Waals surface area contributed by atoms with Crippen LogP contribution in [0.4, 0.5) is 0 Å². The molecule has 1 nitrogen and oxygen atoms in total. The molecule has 0 bridgehead atoms. The van der Waals surface area contributed by atoms with Gasteiger partial charge in [0.1, 0.15) is 0 Å². The first kappa shape index (κ1) is 41.3. The van der Waals surface area contributed by atoms with Gasteiger partial charge < -0.3 is 24.8 Å². The molecule has 0 aliphatic carbocycles. The van der Waals surface area contributed by atoms with E-state index in [1.807, 2.05) is 0 Å². The van der Waals surface area contributed by atoms with Crippen LogP contribution in [0.2, 0.25) is 0 Å². The van der Waals surface area contributed by atoms with Crippen LogP contribution in [0.25, 0.3) is 0 Å². The van der Waals surface area contributed by atoms with Gasteiger partial charge in [-0.25, -0.2) is 0 Å². The van der Waals surface area contributed by atoms with Crippen molar-refractivity contribution in [1.29, 1.82) is 0 Å². The number of hydrogen-bond donors (Lipinski definition) is 0. The molecular formula is CaCl2O. The molecule has 22 valence electrons. The van der Waals surface area contributed by atoms with Crippen molar-refractivity contribution in [2.24, 2.45) is 0 Å². The van der Waals surface area contributed by atoms with Gasteiger partial charge in [0.05, 0.1) is 0 Å². The third-order valence-corrected chi connectivity index (χ3v) is 0. The van der Waals surface area contributed by atoms with Crippen LogP contribution in [0.5, 0.6) is 0 Å². The standard InChI is InChI=1S/Ca.2ClH.O/h;2*1H;/q+2;;;/p-2. The topological polar surface area (TPSA) is 28.5 Å². The van der Waals surface area contributed by atoms with E-state index in [4.69, 9.17) is 0 Å². The molecule has 0 heterocycles. The molecule has 0 aromatic heterocycles. The minimum atomic E-state index is 0. The first-order chi connectivity index (χ1) is 0. The van der Waals surface area contributed by atoms with Gasteiger partial charge in [0.15, 0.2) is 0 Å². The SMILES string of the molecule is [Ca+2].[Cl-].[Cl-].[O]. The van der Waals surface area contributed by atoms with E-state index in [1.54, 1.807) is 0 Å². The zero-order valence-corrected chi connectivity index (χ0v) is 5.59. The monoisotopic (exact) mass is 126 g/mol. The summed E-state index contributed by atoms with van der Waals surface area (Å²) in [6, 6.07) is 0. The molecule has 0 aliphatic heterocycles. The average Bonchev–Trinajstić information content (AvgIpc) is 0. The smallest absolute Gasteiger partial charge is 1.00 e. The van der Waals surface area contributed by atoms with Crippen molar-refractivity contribution in [1.82, 2.24) is 0 Å². The number of rotatable bonds is 0. The maximum atomic E-state index is 0. The van der Waals surface area contributed by atoms with Crippen molar-refractivity contribution in [3.8, 4) is 0 Å². The molecule has 0 fully saturated rings. The molecule has 0 saturated carbocycles. The van der Waals surface area contributed by atoms with Crippen molar-refractivity contribution in [3.63, 3.8) is 0 Å². The largest absolute Gasteiger partial charge is 2.00 e. The van der Waals surface area contributed by atoms with Crippen LogP contribution >= 0.6 is 0 Å². The van der Waals surface area contributed by atoms with Gasteiger partial charge in [0, 0.05) is 5.48 Å².